The van der Waals surface area contributed by atoms with Gasteiger partial charge in [-0.25, -0.2) is 0 Å². The van der Waals surface area contributed by atoms with Crippen molar-refractivity contribution in [1.29, 1.82) is 0 Å². The minimum absolute atomic E-state index is 0.0325. The highest BCUT2D eigenvalue weighted by atomic mass is 16.5. The summed E-state index contributed by atoms with van der Waals surface area (Å²) in [6.07, 6.45) is -0.376. The van der Waals surface area contributed by atoms with Crippen molar-refractivity contribution in [3.8, 4) is 0 Å². The van der Waals surface area contributed by atoms with Gasteiger partial charge in [0.2, 0.25) is 0 Å². The van der Waals surface area contributed by atoms with Crippen LogP contribution in [0.1, 0.15) is 25.5 Å². The van der Waals surface area contributed by atoms with E-state index in [1.807, 2.05) is 37.3 Å². The molecule has 0 aliphatic carbocycles. The van der Waals surface area contributed by atoms with Crippen LogP contribution in [-0.2, 0) is 9.53 Å². The molecule has 4 nitrogen and oxygen atoms in total. The molecule has 3 unspecified atom stereocenters. The number of hydrogen-bond donors (Lipinski definition) is 2. The first-order valence-electron chi connectivity index (χ1n) is 5.63. The molecular weight excluding hydrogens is 218 g/mol. The Kier molecular flexibility index (Phi) is 5.12. The standard InChI is InChI=1S/C13H19NO3/c1-9(11-7-5-4-6-8-11)14-12(13(15)16)10(2)17-3/h4-10,12,14H,1-3H3,(H,15,16). The number of carbonyl (C=O) groups is 1. The summed E-state index contributed by atoms with van der Waals surface area (Å²) in [4.78, 5) is 11.1. The molecule has 1 rings (SSSR count). The molecule has 0 fully saturated rings. The summed E-state index contributed by atoms with van der Waals surface area (Å²) in [5, 5.41) is 12.2. The van der Waals surface area contributed by atoms with Gasteiger partial charge in [-0.3, -0.25) is 10.1 Å². The zero-order valence-electron chi connectivity index (χ0n) is 10.4. The molecule has 0 amide bonds. The van der Waals surface area contributed by atoms with Gasteiger partial charge in [-0.15, -0.1) is 0 Å². The fourth-order valence-corrected chi connectivity index (χ4v) is 1.65. The molecule has 0 heterocycles. The normalized spacial score (nSPS) is 16.2. The molecule has 0 spiro atoms. The third-order valence-electron chi connectivity index (χ3n) is 2.84. The monoisotopic (exact) mass is 237 g/mol. The number of aliphatic carboxylic acids is 1. The summed E-state index contributed by atoms with van der Waals surface area (Å²) in [5.41, 5.74) is 1.06. The third kappa shape index (κ3) is 3.84. The lowest BCUT2D eigenvalue weighted by Gasteiger charge is -2.24. The van der Waals surface area contributed by atoms with Gasteiger partial charge in [-0.1, -0.05) is 30.3 Å². The van der Waals surface area contributed by atoms with Crippen LogP contribution in [-0.4, -0.2) is 30.3 Å². The molecule has 17 heavy (non-hydrogen) atoms. The van der Waals surface area contributed by atoms with Crippen LogP contribution >= 0.6 is 0 Å². The Bertz CT molecular complexity index is 353. The lowest BCUT2D eigenvalue weighted by molar-refractivity contribution is -0.143. The topological polar surface area (TPSA) is 58.6 Å². The van der Waals surface area contributed by atoms with Crippen LogP contribution in [0.25, 0.3) is 0 Å². The van der Waals surface area contributed by atoms with Crippen LogP contribution in [0.15, 0.2) is 30.3 Å². The minimum atomic E-state index is -0.901. The zero-order valence-corrected chi connectivity index (χ0v) is 10.4. The smallest absolute Gasteiger partial charge is 0.323 e. The average Bonchev–Trinajstić information content (AvgIpc) is 2.35. The van der Waals surface area contributed by atoms with E-state index in [2.05, 4.69) is 5.32 Å². The van der Waals surface area contributed by atoms with Gasteiger partial charge >= 0.3 is 5.97 Å². The summed E-state index contributed by atoms with van der Waals surface area (Å²) in [6, 6.07) is 8.99. The molecule has 0 aliphatic heterocycles. The van der Waals surface area contributed by atoms with E-state index in [9.17, 15) is 4.79 Å². The van der Waals surface area contributed by atoms with Gasteiger partial charge in [-0.2, -0.15) is 0 Å². The Hall–Kier alpha value is -1.39. The van der Waals surface area contributed by atoms with E-state index < -0.39 is 12.0 Å². The van der Waals surface area contributed by atoms with Gasteiger partial charge in [0, 0.05) is 13.2 Å². The van der Waals surface area contributed by atoms with Gasteiger partial charge in [-0.05, 0) is 19.4 Å². The van der Waals surface area contributed by atoms with Crippen molar-refractivity contribution >= 4 is 5.97 Å². The van der Waals surface area contributed by atoms with Crippen LogP contribution in [0.2, 0.25) is 0 Å². The number of nitrogens with one attached hydrogen (secondary N) is 1. The van der Waals surface area contributed by atoms with Gasteiger partial charge in [0.1, 0.15) is 6.04 Å². The number of ether oxygens (including phenoxy) is 1. The largest absolute Gasteiger partial charge is 0.480 e. The number of carboxylic acid groups (broad SMARTS) is 1. The summed E-state index contributed by atoms with van der Waals surface area (Å²) < 4.78 is 5.07. The highest BCUT2D eigenvalue weighted by Gasteiger charge is 2.26. The second-order valence-corrected chi connectivity index (χ2v) is 4.06. The van der Waals surface area contributed by atoms with E-state index in [1.54, 1.807) is 6.92 Å². The van der Waals surface area contributed by atoms with Crippen molar-refractivity contribution < 1.29 is 14.6 Å². The first-order chi connectivity index (χ1) is 8.06. The molecule has 0 radical (unpaired) electrons. The van der Waals surface area contributed by atoms with Crippen molar-refractivity contribution in [2.45, 2.75) is 32.0 Å². The number of hydrogen-bond acceptors (Lipinski definition) is 3. The molecule has 0 bridgehead atoms. The molecule has 1 aromatic rings. The van der Waals surface area contributed by atoms with Crippen molar-refractivity contribution in [3.05, 3.63) is 35.9 Å². The molecule has 94 valence electrons. The molecule has 4 heteroatoms. The predicted molar refractivity (Wildman–Crippen MR) is 65.9 cm³/mol. The molecule has 3 atom stereocenters. The van der Waals surface area contributed by atoms with Crippen LogP contribution in [0.3, 0.4) is 0 Å². The Morgan fingerprint density at radius 1 is 1.29 bits per heavy atom. The maximum atomic E-state index is 11.1. The molecule has 0 saturated heterocycles. The van der Waals surface area contributed by atoms with Gasteiger partial charge < -0.3 is 9.84 Å². The average molecular weight is 237 g/mol. The van der Waals surface area contributed by atoms with E-state index in [4.69, 9.17) is 9.84 Å². The maximum absolute atomic E-state index is 11.1. The third-order valence-corrected chi connectivity index (χ3v) is 2.84. The highest BCUT2D eigenvalue weighted by Crippen LogP contribution is 2.13. The van der Waals surface area contributed by atoms with E-state index in [-0.39, 0.29) is 12.1 Å². The van der Waals surface area contributed by atoms with Gasteiger partial charge in [0.25, 0.3) is 0 Å². The molecule has 0 aliphatic rings. The van der Waals surface area contributed by atoms with Crippen molar-refractivity contribution in [2.24, 2.45) is 0 Å². The second kappa shape index (κ2) is 6.37. The lowest BCUT2D eigenvalue weighted by Crippen LogP contribution is -2.46. The van der Waals surface area contributed by atoms with Crippen LogP contribution in [0.4, 0.5) is 0 Å². The van der Waals surface area contributed by atoms with Crippen molar-refractivity contribution in [3.63, 3.8) is 0 Å². The van der Waals surface area contributed by atoms with Crippen LogP contribution in [0, 0.1) is 0 Å². The molecule has 0 aromatic heterocycles. The van der Waals surface area contributed by atoms with Crippen molar-refractivity contribution in [2.75, 3.05) is 7.11 Å². The van der Waals surface area contributed by atoms with Gasteiger partial charge in [0.05, 0.1) is 6.10 Å². The van der Waals surface area contributed by atoms with E-state index in [1.165, 1.54) is 7.11 Å². The van der Waals surface area contributed by atoms with Crippen LogP contribution in [0.5, 0.6) is 0 Å². The maximum Gasteiger partial charge on any atom is 0.323 e. The lowest BCUT2D eigenvalue weighted by atomic mass is 10.1. The van der Waals surface area contributed by atoms with E-state index in [0.717, 1.165) is 5.56 Å². The number of benzene rings is 1. The molecular formula is C13H19NO3. The Morgan fingerprint density at radius 3 is 2.35 bits per heavy atom. The fraction of sp³-hybridized carbons (Fsp3) is 0.462. The summed E-state index contributed by atoms with van der Waals surface area (Å²) >= 11 is 0. The summed E-state index contributed by atoms with van der Waals surface area (Å²) in [7, 11) is 1.51. The number of rotatable bonds is 6. The minimum Gasteiger partial charge on any atom is -0.480 e. The van der Waals surface area contributed by atoms with E-state index >= 15 is 0 Å². The number of methoxy groups -OCH3 is 1. The number of carboxylic acids is 1. The first-order valence-corrected chi connectivity index (χ1v) is 5.63. The zero-order chi connectivity index (χ0) is 12.8. The van der Waals surface area contributed by atoms with Crippen molar-refractivity contribution in [1.82, 2.24) is 5.32 Å². The highest BCUT2D eigenvalue weighted by molar-refractivity contribution is 5.74. The first kappa shape index (κ1) is 13.7. The van der Waals surface area contributed by atoms with E-state index in [0.29, 0.717) is 0 Å². The molecule has 2 N–H and O–H groups in total. The second-order valence-electron chi connectivity index (χ2n) is 4.06. The van der Waals surface area contributed by atoms with Crippen LogP contribution < -0.4 is 5.32 Å². The molecule has 0 saturated carbocycles. The quantitative estimate of drug-likeness (QED) is 0.792. The summed E-state index contributed by atoms with van der Waals surface area (Å²) in [5.74, 6) is -0.901. The summed E-state index contributed by atoms with van der Waals surface area (Å²) in [6.45, 7) is 3.68. The Labute approximate surface area is 102 Å². The fourth-order valence-electron chi connectivity index (χ4n) is 1.65. The SMILES string of the molecule is COC(C)C(NC(C)c1ccccc1)C(=O)O. The Balaban J connectivity index is 2.71. The Morgan fingerprint density at radius 2 is 1.88 bits per heavy atom. The molecule has 1 aromatic carbocycles. The van der Waals surface area contributed by atoms with Gasteiger partial charge in [0.15, 0.2) is 0 Å². The predicted octanol–water partition coefficient (Wildman–Crippen LogP) is 1.83.